The molecule has 4 heteroatoms. The van der Waals surface area contributed by atoms with Gasteiger partial charge in [-0.05, 0) is 30.9 Å². The Labute approximate surface area is 93.3 Å². The first-order valence-electron chi connectivity index (χ1n) is 5.37. The van der Waals surface area contributed by atoms with E-state index < -0.39 is 11.6 Å². The second kappa shape index (κ2) is 4.12. The van der Waals surface area contributed by atoms with Gasteiger partial charge in [0.05, 0.1) is 0 Å². The Morgan fingerprint density at radius 1 is 1.56 bits per heavy atom. The van der Waals surface area contributed by atoms with Crippen molar-refractivity contribution in [1.29, 1.82) is 0 Å². The topological polar surface area (TPSA) is 49.3 Å². The molecule has 86 valence electrons. The number of halogens is 1. The summed E-state index contributed by atoms with van der Waals surface area (Å²) in [7, 11) is 0. The SMILES string of the molecule is CC(C(=O)Nc1ccc(O)c(F)c1)C1CC1. The molecule has 0 bridgehead atoms. The zero-order valence-electron chi connectivity index (χ0n) is 9.03. The predicted molar refractivity (Wildman–Crippen MR) is 58.6 cm³/mol. The molecule has 0 saturated heterocycles. The van der Waals surface area contributed by atoms with Gasteiger partial charge >= 0.3 is 0 Å². The van der Waals surface area contributed by atoms with Gasteiger partial charge in [-0.15, -0.1) is 0 Å². The van der Waals surface area contributed by atoms with Crippen molar-refractivity contribution in [3.05, 3.63) is 24.0 Å². The molecule has 1 fully saturated rings. The fourth-order valence-electron chi connectivity index (χ4n) is 1.65. The van der Waals surface area contributed by atoms with Crippen molar-refractivity contribution in [2.75, 3.05) is 5.32 Å². The number of nitrogens with one attached hydrogen (secondary N) is 1. The fraction of sp³-hybridized carbons (Fsp3) is 0.417. The standard InChI is InChI=1S/C12H14FNO2/c1-7(8-2-3-8)12(16)14-9-4-5-11(15)10(13)6-9/h4-8,15H,2-3H2,1H3,(H,14,16). The maximum absolute atomic E-state index is 13.0. The van der Waals surface area contributed by atoms with Gasteiger partial charge in [-0.2, -0.15) is 0 Å². The Morgan fingerprint density at radius 2 is 2.25 bits per heavy atom. The number of hydrogen-bond donors (Lipinski definition) is 2. The van der Waals surface area contributed by atoms with E-state index in [2.05, 4.69) is 5.32 Å². The highest BCUT2D eigenvalue weighted by Crippen LogP contribution is 2.37. The van der Waals surface area contributed by atoms with Crippen LogP contribution in [0.5, 0.6) is 5.75 Å². The van der Waals surface area contributed by atoms with E-state index in [4.69, 9.17) is 5.11 Å². The Kier molecular flexibility index (Phi) is 2.81. The van der Waals surface area contributed by atoms with E-state index in [1.807, 2.05) is 6.92 Å². The first-order chi connectivity index (χ1) is 7.58. The summed E-state index contributed by atoms with van der Waals surface area (Å²) in [6.07, 6.45) is 2.19. The van der Waals surface area contributed by atoms with Gasteiger partial charge in [0.2, 0.25) is 5.91 Å². The molecule has 16 heavy (non-hydrogen) atoms. The van der Waals surface area contributed by atoms with Crippen molar-refractivity contribution in [1.82, 2.24) is 0 Å². The van der Waals surface area contributed by atoms with E-state index in [1.54, 1.807) is 0 Å². The summed E-state index contributed by atoms with van der Waals surface area (Å²) >= 11 is 0. The summed E-state index contributed by atoms with van der Waals surface area (Å²) in [5.74, 6) is -0.781. The maximum atomic E-state index is 13.0. The lowest BCUT2D eigenvalue weighted by Crippen LogP contribution is -2.21. The molecule has 1 aliphatic carbocycles. The van der Waals surface area contributed by atoms with E-state index in [-0.39, 0.29) is 11.8 Å². The monoisotopic (exact) mass is 223 g/mol. The molecular formula is C12H14FNO2. The average Bonchev–Trinajstić information content (AvgIpc) is 3.06. The molecule has 1 amide bonds. The van der Waals surface area contributed by atoms with Gasteiger partial charge in [-0.3, -0.25) is 4.79 Å². The highest BCUT2D eigenvalue weighted by Gasteiger charge is 2.32. The quantitative estimate of drug-likeness (QED) is 0.773. The van der Waals surface area contributed by atoms with Gasteiger partial charge in [0.1, 0.15) is 0 Å². The molecule has 2 N–H and O–H groups in total. The molecule has 3 nitrogen and oxygen atoms in total. The second-order valence-corrected chi connectivity index (χ2v) is 4.28. The third-order valence-corrected chi connectivity index (χ3v) is 2.96. The van der Waals surface area contributed by atoms with Crippen LogP contribution in [0.25, 0.3) is 0 Å². The van der Waals surface area contributed by atoms with E-state index in [1.165, 1.54) is 12.1 Å². The zero-order valence-corrected chi connectivity index (χ0v) is 9.03. The van der Waals surface area contributed by atoms with Gasteiger partial charge in [-0.25, -0.2) is 4.39 Å². The number of benzene rings is 1. The molecule has 1 atom stereocenters. The molecule has 1 aromatic rings. The number of amides is 1. The summed E-state index contributed by atoms with van der Waals surface area (Å²) in [4.78, 5) is 11.7. The second-order valence-electron chi connectivity index (χ2n) is 4.28. The summed E-state index contributed by atoms with van der Waals surface area (Å²) in [5, 5.41) is 11.6. The van der Waals surface area contributed by atoms with Crippen LogP contribution in [0.2, 0.25) is 0 Å². The van der Waals surface area contributed by atoms with Gasteiger partial charge in [0.15, 0.2) is 11.6 Å². The smallest absolute Gasteiger partial charge is 0.227 e. The third kappa shape index (κ3) is 2.32. The number of anilines is 1. The van der Waals surface area contributed by atoms with E-state index in [9.17, 15) is 9.18 Å². The van der Waals surface area contributed by atoms with Crippen LogP contribution in [-0.4, -0.2) is 11.0 Å². The third-order valence-electron chi connectivity index (χ3n) is 2.96. The van der Waals surface area contributed by atoms with Crippen LogP contribution in [0.1, 0.15) is 19.8 Å². The molecule has 0 aromatic heterocycles. The number of carbonyl (C=O) groups is 1. The normalized spacial score (nSPS) is 16.9. The lowest BCUT2D eigenvalue weighted by Gasteiger charge is -2.11. The Morgan fingerprint density at radius 3 is 2.81 bits per heavy atom. The molecule has 1 unspecified atom stereocenters. The van der Waals surface area contributed by atoms with Gasteiger partial charge in [-0.1, -0.05) is 6.92 Å². The average molecular weight is 223 g/mol. The highest BCUT2D eigenvalue weighted by molar-refractivity contribution is 5.92. The van der Waals surface area contributed by atoms with Crippen molar-refractivity contribution in [3.63, 3.8) is 0 Å². The minimum Gasteiger partial charge on any atom is -0.505 e. The lowest BCUT2D eigenvalue weighted by atomic mass is 10.1. The van der Waals surface area contributed by atoms with Crippen LogP contribution in [-0.2, 0) is 4.79 Å². The zero-order chi connectivity index (χ0) is 11.7. The minimum atomic E-state index is -0.725. The van der Waals surface area contributed by atoms with Crippen molar-refractivity contribution in [3.8, 4) is 5.75 Å². The molecular weight excluding hydrogens is 209 g/mol. The molecule has 0 spiro atoms. The number of carbonyl (C=O) groups excluding carboxylic acids is 1. The van der Waals surface area contributed by atoms with Crippen LogP contribution >= 0.6 is 0 Å². The molecule has 0 heterocycles. The van der Waals surface area contributed by atoms with Crippen molar-refractivity contribution in [2.24, 2.45) is 11.8 Å². The van der Waals surface area contributed by atoms with E-state index in [0.717, 1.165) is 18.9 Å². The van der Waals surface area contributed by atoms with Gasteiger partial charge in [0.25, 0.3) is 0 Å². The number of phenols is 1. The van der Waals surface area contributed by atoms with E-state index in [0.29, 0.717) is 11.6 Å². The molecule has 1 aromatic carbocycles. The summed E-state index contributed by atoms with van der Waals surface area (Å²) in [5.41, 5.74) is 0.382. The van der Waals surface area contributed by atoms with Crippen LogP contribution < -0.4 is 5.32 Å². The molecule has 1 saturated carbocycles. The Bertz CT molecular complexity index is 415. The van der Waals surface area contributed by atoms with Crippen LogP contribution in [0, 0.1) is 17.7 Å². The predicted octanol–water partition coefficient (Wildman–Crippen LogP) is 2.52. The maximum Gasteiger partial charge on any atom is 0.227 e. The highest BCUT2D eigenvalue weighted by atomic mass is 19.1. The van der Waals surface area contributed by atoms with Crippen molar-refractivity contribution >= 4 is 11.6 Å². The number of rotatable bonds is 3. The van der Waals surface area contributed by atoms with Crippen molar-refractivity contribution in [2.45, 2.75) is 19.8 Å². The van der Waals surface area contributed by atoms with Gasteiger partial charge in [0, 0.05) is 17.7 Å². The Hall–Kier alpha value is -1.58. The molecule has 1 aliphatic rings. The largest absolute Gasteiger partial charge is 0.505 e. The molecule has 2 rings (SSSR count). The first-order valence-corrected chi connectivity index (χ1v) is 5.37. The fourth-order valence-corrected chi connectivity index (χ4v) is 1.65. The molecule has 0 radical (unpaired) electrons. The van der Waals surface area contributed by atoms with Crippen LogP contribution in [0.3, 0.4) is 0 Å². The van der Waals surface area contributed by atoms with Gasteiger partial charge < -0.3 is 10.4 Å². The number of aromatic hydroxyl groups is 1. The first kappa shape index (κ1) is 10.9. The minimum absolute atomic E-state index is 0.0307. The molecule has 0 aliphatic heterocycles. The van der Waals surface area contributed by atoms with Crippen molar-refractivity contribution < 1.29 is 14.3 Å². The number of phenolic OH excluding ortho intramolecular Hbond substituents is 1. The van der Waals surface area contributed by atoms with E-state index >= 15 is 0 Å². The summed E-state index contributed by atoms with van der Waals surface area (Å²) in [6.45, 7) is 1.88. The summed E-state index contributed by atoms with van der Waals surface area (Å²) in [6, 6.07) is 3.83. The van der Waals surface area contributed by atoms with Crippen LogP contribution in [0.15, 0.2) is 18.2 Å². The summed E-state index contributed by atoms with van der Waals surface area (Å²) < 4.78 is 13.0. The Balaban J connectivity index is 2.02. The van der Waals surface area contributed by atoms with Crippen LogP contribution in [0.4, 0.5) is 10.1 Å². The lowest BCUT2D eigenvalue weighted by molar-refractivity contribution is -0.119. The number of hydrogen-bond acceptors (Lipinski definition) is 2.